The van der Waals surface area contributed by atoms with E-state index in [1.165, 1.54) is 49.7 Å². The molecule has 1 heterocycles. The Morgan fingerprint density at radius 3 is 1.78 bits per heavy atom. The van der Waals surface area contributed by atoms with Crippen LogP contribution in [0, 0.1) is 0 Å². The van der Waals surface area contributed by atoms with Crippen molar-refractivity contribution in [2.75, 3.05) is 0 Å². The first kappa shape index (κ1) is 19.1. The Bertz CT molecular complexity index is 1540. The molecule has 0 aliphatic rings. The number of hydrogen-bond donors (Lipinski definition) is 0. The Morgan fingerprint density at radius 1 is 0.438 bits per heavy atom. The van der Waals surface area contributed by atoms with Crippen LogP contribution in [0.3, 0.4) is 0 Å². The number of halogens is 1. The summed E-state index contributed by atoms with van der Waals surface area (Å²) in [6, 6.07) is 43.3. The molecule has 1 nitrogen and oxygen atoms in total. The summed E-state index contributed by atoms with van der Waals surface area (Å²) in [7, 11) is 0. The number of rotatable bonds is 3. The van der Waals surface area contributed by atoms with Crippen LogP contribution in [0.2, 0.25) is 0 Å². The smallest absolute Gasteiger partial charge is 0.0547 e. The van der Waals surface area contributed by atoms with Crippen LogP contribution in [0.1, 0.15) is 0 Å². The van der Waals surface area contributed by atoms with Gasteiger partial charge in [-0.2, -0.15) is 0 Å². The summed E-state index contributed by atoms with van der Waals surface area (Å²) in [6.45, 7) is 0. The monoisotopic (exact) mass is 473 g/mol. The molecule has 0 spiro atoms. The maximum absolute atomic E-state index is 3.54. The Hall–Kier alpha value is -3.62. The van der Waals surface area contributed by atoms with Crippen LogP contribution in [-0.2, 0) is 0 Å². The Kier molecular flexibility index (Phi) is 4.66. The Labute approximate surface area is 195 Å². The molecule has 0 radical (unpaired) electrons. The Balaban J connectivity index is 1.55. The molecule has 32 heavy (non-hydrogen) atoms. The van der Waals surface area contributed by atoms with E-state index in [-0.39, 0.29) is 0 Å². The molecule has 0 aliphatic carbocycles. The van der Waals surface area contributed by atoms with Gasteiger partial charge in [-0.3, -0.25) is 0 Å². The fourth-order valence-corrected chi connectivity index (χ4v) is 4.77. The summed E-state index contributed by atoms with van der Waals surface area (Å²) >= 11 is 3.54. The van der Waals surface area contributed by atoms with Crippen LogP contribution in [-0.4, -0.2) is 4.57 Å². The van der Waals surface area contributed by atoms with E-state index in [9.17, 15) is 0 Å². The lowest BCUT2D eigenvalue weighted by Gasteiger charge is -2.10. The fraction of sp³-hybridized carbons (Fsp3) is 0. The predicted molar refractivity (Wildman–Crippen MR) is 139 cm³/mol. The van der Waals surface area contributed by atoms with E-state index in [0.29, 0.717) is 0 Å². The summed E-state index contributed by atoms with van der Waals surface area (Å²) in [6.07, 6.45) is 0. The number of benzene rings is 5. The van der Waals surface area contributed by atoms with Crippen LogP contribution in [0.15, 0.2) is 126 Å². The molecule has 0 unspecified atom stereocenters. The van der Waals surface area contributed by atoms with Gasteiger partial charge in [-0.25, -0.2) is 0 Å². The van der Waals surface area contributed by atoms with Crippen molar-refractivity contribution in [2.45, 2.75) is 0 Å². The van der Waals surface area contributed by atoms with Crippen molar-refractivity contribution >= 4 is 37.7 Å². The molecular formula is C30H20BrN. The van der Waals surface area contributed by atoms with Gasteiger partial charge in [0, 0.05) is 20.9 Å². The molecule has 0 aliphatic heterocycles. The number of para-hydroxylation sites is 1. The maximum atomic E-state index is 3.54. The SMILES string of the molecule is Brc1ccc(-c2ccc3c4ccccc4n(-c4ccc(-c5ccccc5)cc4)c3c2)cc1. The third-order valence-electron chi connectivity index (χ3n) is 6.08. The van der Waals surface area contributed by atoms with Crippen molar-refractivity contribution in [1.29, 1.82) is 0 Å². The largest absolute Gasteiger partial charge is 0.309 e. The molecule has 2 heteroatoms. The van der Waals surface area contributed by atoms with Gasteiger partial charge in [-0.15, -0.1) is 0 Å². The molecule has 0 saturated heterocycles. The van der Waals surface area contributed by atoms with Gasteiger partial charge >= 0.3 is 0 Å². The van der Waals surface area contributed by atoms with E-state index in [1.54, 1.807) is 0 Å². The van der Waals surface area contributed by atoms with E-state index in [4.69, 9.17) is 0 Å². The Morgan fingerprint density at radius 2 is 1.00 bits per heavy atom. The van der Waals surface area contributed by atoms with E-state index < -0.39 is 0 Å². The molecule has 0 bridgehead atoms. The number of aromatic nitrogens is 1. The predicted octanol–water partition coefficient (Wildman–Crippen LogP) is 8.88. The number of fused-ring (bicyclic) bond motifs is 3. The summed E-state index contributed by atoms with van der Waals surface area (Å²) < 4.78 is 3.47. The molecule has 6 rings (SSSR count). The first-order valence-corrected chi connectivity index (χ1v) is 11.5. The van der Waals surface area contributed by atoms with Crippen molar-refractivity contribution in [3.8, 4) is 27.9 Å². The highest BCUT2D eigenvalue weighted by Gasteiger charge is 2.13. The van der Waals surface area contributed by atoms with Crippen molar-refractivity contribution in [3.05, 3.63) is 126 Å². The van der Waals surface area contributed by atoms with Crippen LogP contribution in [0.25, 0.3) is 49.7 Å². The average Bonchev–Trinajstić information content (AvgIpc) is 3.19. The summed E-state index contributed by atoms with van der Waals surface area (Å²) in [5.41, 5.74) is 8.51. The van der Waals surface area contributed by atoms with Crippen molar-refractivity contribution in [1.82, 2.24) is 4.57 Å². The van der Waals surface area contributed by atoms with Crippen molar-refractivity contribution in [2.24, 2.45) is 0 Å². The first-order chi connectivity index (χ1) is 15.8. The highest BCUT2D eigenvalue weighted by molar-refractivity contribution is 9.10. The van der Waals surface area contributed by atoms with Crippen molar-refractivity contribution < 1.29 is 0 Å². The van der Waals surface area contributed by atoms with Crippen LogP contribution < -0.4 is 0 Å². The standard InChI is InChI=1S/C30H20BrN/c31-25-15-10-23(11-16-25)24-14-19-28-27-8-4-5-9-29(27)32(30(28)20-24)26-17-12-22(13-18-26)21-6-2-1-3-7-21/h1-20H. The molecule has 0 atom stereocenters. The second-order valence-electron chi connectivity index (χ2n) is 8.00. The first-order valence-electron chi connectivity index (χ1n) is 10.7. The van der Waals surface area contributed by atoms with E-state index in [2.05, 4.69) is 142 Å². The fourth-order valence-electron chi connectivity index (χ4n) is 4.50. The third-order valence-corrected chi connectivity index (χ3v) is 6.61. The second-order valence-corrected chi connectivity index (χ2v) is 8.92. The van der Waals surface area contributed by atoms with Crippen LogP contribution >= 0.6 is 15.9 Å². The van der Waals surface area contributed by atoms with E-state index in [0.717, 1.165) is 4.47 Å². The average molecular weight is 474 g/mol. The lowest BCUT2D eigenvalue weighted by Crippen LogP contribution is -1.94. The molecule has 152 valence electrons. The minimum Gasteiger partial charge on any atom is -0.309 e. The van der Waals surface area contributed by atoms with Gasteiger partial charge < -0.3 is 4.57 Å². The van der Waals surface area contributed by atoms with E-state index >= 15 is 0 Å². The molecule has 0 N–H and O–H groups in total. The molecule has 6 aromatic rings. The highest BCUT2D eigenvalue weighted by atomic mass is 79.9. The zero-order valence-corrected chi connectivity index (χ0v) is 19.0. The molecular weight excluding hydrogens is 454 g/mol. The van der Waals surface area contributed by atoms with Crippen LogP contribution in [0.5, 0.6) is 0 Å². The lowest BCUT2D eigenvalue weighted by atomic mass is 10.0. The van der Waals surface area contributed by atoms with Gasteiger partial charge in [0.1, 0.15) is 0 Å². The molecule has 0 amide bonds. The van der Waals surface area contributed by atoms with Gasteiger partial charge in [-0.05, 0) is 58.7 Å². The summed E-state index contributed by atoms with van der Waals surface area (Å²) in [4.78, 5) is 0. The molecule has 0 saturated carbocycles. The minimum atomic E-state index is 1.09. The van der Waals surface area contributed by atoms with Gasteiger partial charge in [0.05, 0.1) is 11.0 Å². The van der Waals surface area contributed by atoms with Gasteiger partial charge in [0.25, 0.3) is 0 Å². The minimum absolute atomic E-state index is 1.09. The summed E-state index contributed by atoms with van der Waals surface area (Å²) in [5.74, 6) is 0. The number of hydrogen-bond acceptors (Lipinski definition) is 0. The molecule has 5 aromatic carbocycles. The van der Waals surface area contributed by atoms with E-state index in [1.807, 2.05) is 0 Å². The summed E-state index contributed by atoms with van der Waals surface area (Å²) in [5, 5.41) is 2.55. The maximum Gasteiger partial charge on any atom is 0.0547 e. The topological polar surface area (TPSA) is 4.93 Å². The quantitative estimate of drug-likeness (QED) is 0.241. The van der Waals surface area contributed by atoms with Gasteiger partial charge in [-0.1, -0.05) is 101 Å². The highest BCUT2D eigenvalue weighted by Crippen LogP contribution is 2.35. The normalized spacial score (nSPS) is 11.3. The zero-order chi connectivity index (χ0) is 21.5. The zero-order valence-electron chi connectivity index (χ0n) is 17.4. The van der Waals surface area contributed by atoms with Gasteiger partial charge in [0.2, 0.25) is 0 Å². The van der Waals surface area contributed by atoms with Gasteiger partial charge in [0.15, 0.2) is 0 Å². The third kappa shape index (κ3) is 3.24. The molecule has 0 fully saturated rings. The second kappa shape index (κ2) is 7.81. The lowest BCUT2D eigenvalue weighted by molar-refractivity contribution is 1.18. The number of nitrogens with zero attached hydrogens (tertiary/aromatic N) is 1. The van der Waals surface area contributed by atoms with Crippen LogP contribution in [0.4, 0.5) is 0 Å². The van der Waals surface area contributed by atoms with Crippen molar-refractivity contribution in [3.63, 3.8) is 0 Å². The molecule has 1 aromatic heterocycles.